The number of piperidine rings is 1. The van der Waals surface area contributed by atoms with Gasteiger partial charge in [-0.15, -0.1) is 0 Å². The minimum Gasteiger partial charge on any atom is -0.444 e. The third-order valence-electron chi connectivity index (χ3n) is 2.99. The predicted octanol–water partition coefficient (Wildman–Crippen LogP) is 4.13. The van der Waals surface area contributed by atoms with Crippen molar-refractivity contribution in [1.82, 2.24) is 4.90 Å². The minimum absolute atomic E-state index is 0.173. The first-order valence-electron chi connectivity index (χ1n) is 7.10. The Kier molecular flexibility index (Phi) is 5.70. The maximum atomic E-state index is 12.1. The van der Waals surface area contributed by atoms with E-state index in [0.29, 0.717) is 0 Å². The first-order valence-corrected chi connectivity index (χ1v) is 7.10. The van der Waals surface area contributed by atoms with Crippen LogP contribution < -0.4 is 0 Å². The molecular weight excluding hydrogens is 226 g/mol. The number of allylic oxidation sites excluding steroid dienone is 1. The number of likely N-dealkylation sites (tertiary alicyclic amines) is 1. The Morgan fingerprint density at radius 1 is 1.39 bits per heavy atom. The molecule has 3 nitrogen and oxygen atoms in total. The number of carbonyl (C=O) groups is 1. The summed E-state index contributed by atoms with van der Waals surface area (Å²) in [6.45, 7) is 8.72. The second-order valence-electron chi connectivity index (χ2n) is 5.95. The van der Waals surface area contributed by atoms with Crippen LogP contribution in [0.25, 0.3) is 0 Å². The zero-order valence-electron chi connectivity index (χ0n) is 12.2. The Hall–Kier alpha value is -0.990. The summed E-state index contributed by atoms with van der Waals surface area (Å²) >= 11 is 0. The zero-order valence-corrected chi connectivity index (χ0v) is 12.2. The molecule has 1 heterocycles. The van der Waals surface area contributed by atoms with Gasteiger partial charge in [-0.3, -0.25) is 0 Å². The fourth-order valence-electron chi connectivity index (χ4n) is 2.12. The van der Waals surface area contributed by atoms with Gasteiger partial charge in [0.15, 0.2) is 0 Å². The van der Waals surface area contributed by atoms with Crippen molar-refractivity contribution in [2.24, 2.45) is 0 Å². The molecule has 0 aromatic rings. The number of hydrogen-bond acceptors (Lipinski definition) is 2. The van der Waals surface area contributed by atoms with E-state index < -0.39 is 5.60 Å². The molecule has 0 radical (unpaired) electrons. The average Bonchev–Trinajstić information content (AvgIpc) is 2.27. The Labute approximate surface area is 111 Å². The van der Waals surface area contributed by atoms with Crippen molar-refractivity contribution >= 4 is 6.09 Å². The van der Waals surface area contributed by atoms with Gasteiger partial charge >= 0.3 is 6.09 Å². The van der Waals surface area contributed by atoms with Crippen molar-refractivity contribution in [3.63, 3.8) is 0 Å². The van der Waals surface area contributed by atoms with Crippen molar-refractivity contribution < 1.29 is 9.53 Å². The number of ether oxygens (including phenoxy) is 1. The zero-order chi connectivity index (χ0) is 13.6. The molecule has 0 unspecified atom stereocenters. The second-order valence-corrected chi connectivity index (χ2v) is 5.95. The number of rotatable bonds is 3. The molecule has 1 amide bonds. The van der Waals surface area contributed by atoms with Crippen molar-refractivity contribution in [3.05, 3.63) is 12.2 Å². The molecule has 0 bridgehead atoms. The van der Waals surface area contributed by atoms with E-state index in [-0.39, 0.29) is 12.1 Å². The Bertz CT molecular complexity index is 291. The summed E-state index contributed by atoms with van der Waals surface area (Å²) in [5, 5.41) is 0. The monoisotopic (exact) mass is 253 g/mol. The molecule has 104 valence electrons. The molecule has 1 fully saturated rings. The van der Waals surface area contributed by atoms with Crippen LogP contribution in [0.4, 0.5) is 4.79 Å². The molecule has 3 heteroatoms. The van der Waals surface area contributed by atoms with Crippen LogP contribution in [0.1, 0.15) is 59.8 Å². The molecule has 0 aliphatic carbocycles. The van der Waals surface area contributed by atoms with Gasteiger partial charge in [-0.05, 0) is 46.5 Å². The first kappa shape index (κ1) is 15.1. The highest BCUT2D eigenvalue weighted by Gasteiger charge is 2.28. The van der Waals surface area contributed by atoms with Crippen molar-refractivity contribution in [2.45, 2.75) is 71.4 Å². The highest BCUT2D eigenvalue weighted by Crippen LogP contribution is 2.21. The van der Waals surface area contributed by atoms with Crippen LogP contribution in [0.2, 0.25) is 0 Å². The normalized spacial score (nSPS) is 21.3. The van der Waals surface area contributed by atoms with E-state index >= 15 is 0 Å². The molecular formula is C15H27NO2. The van der Waals surface area contributed by atoms with Crippen LogP contribution >= 0.6 is 0 Å². The van der Waals surface area contributed by atoms with E-state index in [9.17, 15) is 4.79 Å². The van der Waals surface area contributed by atoms with Crippen molar-refractivity contribution in [2.75, 3.05) is 6.54 Å². The minimum atomic E-state index is -0.411. The molecule has 0 N–H and O–H groups in total. The standard InChI is InChI=1S/C15H27NO2/c1-5-6-7-10-13-11-8-9-12-16(13)14(17)18-15(2,3)4/h7,10,13H,5-6,8-9,11-12H2,1-4H3/b10-7+/t13-/m1/s1. The lowest BCUT2D eigenvalue weighted by Crippen LogP contribution is -2.45. The maximum absolute atomic E-state index is 12.1. The summed E-state index contributed by atoms with van der Waals surface area (Å²) in [7, 11) is 0. The smallest absolute Gasteiger partial charge is 0.410 e. The third kappa shape index (κ3) is 5.11. The van der Waals surface area contributed by atoms with Crippen LogP contribution in [-0.4, -0.2) is 29.2 Å². The summed E-state index contributed by atoms with van der Waals surface area (Å²) in [6.07, 6.45) is 9.75. The number of nitrogens with zero attached hydrogens (tertiary/aromatic N) is 1. The van der Waals surface area contributed by atoms with Gasteiger partial charge < -0.3 is 9.64 Å². The number of unbranched alkanes of at least 4 members (excludes halogenated alkanes) is 1. The van der Waals surface area contributed by atoms with E-state index in [4.69, 9.17) is 4.74 Å². The highest BCUT2D eigenvalue weighted by molar-refractivity contribution is 5.69. The highest BCUT2D eigenvalue weighted by atomic mass is 16.6. The van der Waals surface area contributed by atoms with Gasteiger partial charge in [-0.2, -0.15) is 0 Å². The quantitative estimate of drug-likeness (QED) is 0.708. The van der Waals surface area contributed by atoms with Crippen molar-refractivity contribution in [1.29, 1.82) is 0 Å². The summed E-state index contributed by atoms with van der Waals surface area (Å²) in [4.78, 5) is 14.0. The van der Waals surface area contributed by atoms with Gasteiger partial charge in [-0.1, -0.05) is 25.5 Å². The predicted molar refractivity (Wildman–Crippen MR) is 74.6 cm³/mol. The molecule has 1 rings (SSSR count). The van der Waals surface area contributed by atoms with Crippen molar-refractivity contribution in [3.8, 4) is 0 Å². The van der Waals surface area contributed by atoms with Gasteiger partial charge in [0.05, 0.1) is 6.04 Å². The Balaban J connectivity index is 2.61. The molecule has 0 saturated carbocycles. The molecule has 0 aromatic heterocycles. The summed E-state index contributed by atoms with van der Waals surface area (Å²) in [5.74, 6) is 0. The van der Waals surface area contributed by atoms with Gasteiger partial charge in [0.25, 0.3) is 0 Å². The van der Waals surface area contributed by atoms with E-state index in [0.717, 1.165) is 32.2 Å². The summed E-state index contributed by atoms with van der Waals surface area (Å²) < 4.78 is 5.47. The maximum Gasteiger partial charge on any atom is 0.410 e. The lowest BCUT2D eigenvalue weighted by atomic mass is 10.0. The molecule has 1 aliphatic heterocycles. The summed E-state index contributed by atoms with van der Waals surface area (Å²) in [5.41, 5.74) is -0.411. The fourth-order valence-corrected chi connectivity index (χ4v) is 2.12. The Morgan fingerprint density at radius 2 is 2.11 bits per heavy atom. The van der Waals surface area contributed by atoms with Gasteiger partial charge in [0.2, 0.25) is 0 Å². The molecule has 0 aromatic carbocycles. The molecule has 1 aliphatic rings. The van der Waals surface area contributed by atoms with Crippen LogP contribution in [0.5, 0.6) is 0 Å². The topological polar surface area (TPSA) is 29.5 Å². The van der Waals surface area contributed by atoms with Gasteiger partial charge in [0, 0.05) is 6.54 Å². The van der Waals surface area contributed by atoms with E-state index in [1.54, 1.807) is 0 Å². The van der Waals surface area contributed by atoms with Crippen LogP contribution in [0, 0.1) is 0 Å². The SMILES string of the molecule is CCC/C=C/[C@@H]1CCCCN1C(=O)OC(C)(C)C. The average molecular weight is 253 g/mol. The molecule has 1 atom stereocenters. The summed E-state index contributed by atoms with van der Waals surface area (Å²) in [6, 6.07) is 0.222. The molecule has 1 saturated heterocycles. The third-order valence-corrected chi connectivity index (χ3v) is 2.99. The van der Waals surface area contributed by atoms with Crippen LogP contribution in [0.3, 0.4) is 0 Å². The van der Waals surface area contributed by atoms with E-state index in [2.05, 4.69) is 19.1 Å². The second kappa shape index (κ2) is 6.81. The fraction of sp³-hybridized carbons (Fsp3) is 0.800. The van der Waals surface area contributed by atoms with Gasteiger partial charge in [-0.25, -0.2) is 4.79 Å². The van der Waals surface area contributed by atoms with Crippen LogP contribution in [0.15, 0.2) is 12.2 Å². The number of amides is 1. The largest absolute Gasteiger partial charge is 0.444 e. The lowest BCUT2D eigenvalue weighted by molar-refractivity contribution is 0.0149. The van der Waals surface area contributed by atoms with E-state index in [1.165, 1.54) is 6.42 Å². The number of hydrogen-bond donors (Lipinski definition) is 0. The first-order chi connectivity index (χ1) is 8.44. The van der Waals surface area contributed by atoms with Gasteiger partial charge in [0.1, 0.15) is 5.60 Å². The van der Waals surface area contributed by atoms with Crippen LogP contribution in [-0.2, 0) is 4.74 Å². The van der Waals surface area contributed by atoms with E-state index in [1.807, 2.05) is 25.7 Å². The molecule has 0 spiro atoms. The lowest BCUT2D eigenvalue weighted by Gasteiger charge is -2.35. The molecule has 18 heavy (non-hydrogen) atoms. The Morgan fingerprint density at radius 3 is 2.72 bits per heavy atom. The number of carbonyl (C=O) groups excluding carboxylic acids is 1.